The molecular weight excluding hydrogens is 208 g/mol. The summed E-state index contributed by atoms with van der Waals surface area (Å²) in [6.45, 7) is 11.8. The van der Waals surface area contributed by atoms with Gasteiger partial charge in [0.15, 0.2) is 0 Å². The molecule has 1 rings (SSSR count). The monoisotopic (exact) mass is 240 g/mol. The normalized spacial score (nSPS) is 19.8. The molecule has 1 unspecified atom stereocenters. The molecule has 0 radical (unpaired) electrons. The molecular formula is C15H32N2. The number of rotatable bonds is 8. The quantitative estimate of drug-likeness (QED) is 0.700. The van der Waals surface area contributed by atoms with Gasteiger partial charge in [-0.1, -0.05) is 46.5 Å². The van der Waals surface area contributed by atoms with Gasteiger partial charge < -0.3 is 10.2 Å². The fourth-order valence-electron chi connectivity index (χ4n) is 2.68. The van der Waals surface area contributed by atoms with Gasteiger partial charge in [-0.25, -0.2) is 0 Å². The van der Waals surface area contributed by atoms with Crippen LogP contribution in [0.4, 0.5) is 0 Å². The molecule has 0 aromatic carbocycles. The maximum absolute atomic E-state index is 3.74. The van der Waals surface area contributed by atoms with Crippen LogP contribution in [0.25, 0.3) is 0 Å². The molecule has 1 aliphatic carbocycles. The lowest BCUT2D eigenvalue weighted by molar-refractivity contribution is 0.238. The molecule has 0 aliphatic heterocycles. The minimum atomic E-state index is 0.811. The third-order valence-corrected chi connectivity index (χ3v) is 4.18. The van der Waals surface area contributed by atoms with Crippen molar-refractivity contribution < 1.29 is 0 Å². The fraction of sp³-hybridized carbons (Fsp3) is 1.00. The predicted octanol–water partition coefficient (Wildman–Crippen LogP) is 3.28. The van der Waals surface area contributed by atoms with Crippen LogP contribution in [0.5, 0.6) is 0 Å². The maximum Gasteiger partial charge on any atom is 0.0107 e. The van der Waals surface area contributed by atoms with Gasteiger partial charge in [0.25, 0.3) is 0 Å². The van der Waals surface area contributed by atoms with E-state index in [-0.39, 0.29) is 0 Å². The number of hydrogen-bond donors (Lipinski definition) is 1. The van der Waals surface area contributed by atoms with Crippen molar-refractivity contribution in [3.05, 3.63) is 0 Å². The van der Waals surface area contributed by atoms with Gasteiger partial charge in [-0.15, -0.1) is 0 Å². The SMILES string of the molecule is CCC(C)CN(CC)CCNC1CCCCC1. The van der Waals surface area contributed by atoms with E-state index in [1.54, 1.807) is 0 Å². The van der Waals surface area contributed by atoms with Crippen LogP contribution >= 0.6 is 0 Å². The van der Waals surface area contributed by atoms with E-state index in [0.717, 1.165) is 12.0 Å². The Morgan fingerprint density at radius 1 is 1.18 bits per heavy atom. The van der Waals surface area contributed by atoms with Gasteiger partial charge in [0, 0.05) is 25.7 Å². The lowest BCUT2D eigenvalue weighted by Crippen LogP contribution is -2.39. The molecule has 1 aliphatic rings. The molecule has 0 saturated heterocycles. The molecule has 2 heteroatoms. The predicted molar refractivity (Wildman–Crippen MR) is 76.4 cm³/mol. The zero-order valence-electron chi connectivity index (χ0n) is 12.2. The molecule has 0 bridgehead atoms. The third kappa shape index (κ3) is 6.42. The summed E-state index contributed by atoms with van der Waals surface area (Å²) >= 11 is 0. The lowest BCUT2D eigenvalue weighted by atomic mass is 9.95. The van der Waals surface area contributed by atoms with Crippen LogP contribution in [-0.4, -0.2) is 37.1 Å². The summed E-state index contributed by atoms with van der Waals surface area (Å²) in [5.41, 5.74) is 0. The molecule has 0 aromatic heterocycles. The summed E-state index contributed by atoms with van der Waals surface area (Å²) in [4.78, 5) is 2.59. The molecule has 0 heterocycles. The van der Waals surface area contributed by atoms with Gasteiger partial charge in [-0.2, -0.15) is 0 Å². The average Bonchev–Trinajstić information content (AvgIpc) is 2.38. The second-order valence-corrected chi connectivity index (χ2v) is 5.70. The molecule has 1 atom stereocenters. The first-order valence-corrected chi connectivity index (χ1v) is 7.72. The summed E-state index contributed by atoms with van der Waals surface area (Å²) in [6.07, 6.45) is 8.42. The number of nitrogens with one attached hydrogen (secondary N) is 1. The molecule has 0 amide bonds. The van der Waals surface area contributed by atoms with Crippen molar-refractivity contribution in [2.45, 2.75) is 65.3 Å². The molecule has 1 saturated carbocycles. The summed E-state index contributed by atoms with van der Waals surface area (Å²) in [6, 6.07) is 0.811. The molecule has 0 aromatic rings. The van der Waals surface area contributed by atoms with Gasteiger partial charge in [0.05, 0.1) is 0 Å². The highest BCUT2D eigenvalue weighted by molar-refractivity contribution is 4.72. The molecule has 102 valence electrons. The van der Waals surface area contributed by atoms with Crippen LogP contribution in [0.2, 0.25) is 0 Å². The van der Waals surface area contributed by atoms with Crippen molar-refractivity contribution in [1.82, 2.24) is 10.2 Å². The van der Waals surface area contributed by atoms with E-state index in [2.05, 4.69) is 31.0 Å². The van der Waals surface area contributed by atoms with E-state index in [1.807, 2.05) is 0 Å². The average molecular weight is 240 g/mol. The first kappa shape index (κ1) is 15.0. The van der Waals surface area contributed by atoms with E-state index in [0.29, 0.717) is 0 Å². The zero-order valence-corrected chi connectivity index (χ0v) is 12.2. The van der Waals surface area contributed by atoms with Crippen molar-refractivity contribution in [2.75, 3.05) is 26.2 Å². The van der Waals surface area contributed by atoms with Gasteiger partial charge in [0.2, 0.25) is 0 Å². The number of hydrogen-bond acceptors (Lipinski definition) is 2. The molecule has 2 nitrogen and oxygen atoms in total. The van der Waals surface area contributed by atoms with Crippen LogP contribution < -0.4 is 5.32 Å². The van der Waals surface area contributed by atoms with Gasteiger partial charge in [-0.05, 0) is 25.3 Å². The second kappa shape index (κ2) is 8.93. The lowest BCUT2D eigenvalue weighted by Gasteiger charge is -2.27. The van der Waals surface area contributed by atoms with E-state index >= 15 is 0 Å². The Balaban J connectivity index is 2.09. The Hall–Kier alpha value is -0.0800. The minimum absolute atomic E-state index is 0.811. The number of likely N-dealkylation sites (N-methyl/N-ethyl adjacent to an activating group) is 1. The molecule has 17 heavy (non-hydrogen) atoms. The maximum atomic E-state index is 3.74. The van der Waals surface area contributed by atoms with Crippen LogP contribution in [0, 0.1) is 5.92 Å². The summed E-state index contributed by atoms with van der Waals surface area (Å²) in [7, 11) is 0. The van der Waals surface area contributed by atoms with Crippen molar-refractivity contribution in [1.29, 1.82) is 0 Å². The van der Waals surface area contributed by atoms with Crippen molar-refractivity contribution >= 4 is 0 Å². The van der Waals surface area contributed by atoms with Crippen LogP contribution in [0.1, 0.15) is 59.3 Å². The summed E-state index contributed by atoms with van der Waals surface area (Å²) in [5.74, 6) is 0.838. The van der Waals surface area contributed by atoms with Crippen molar-refractivity contribution in [2.24, 2.45) is 5.92 Å². The van der Waals surface area contributed by atoms with E-state index in [1.165, 1.54) is 64.7 Å². The molecule has 1 N–H and O–H groups in total. The summed E-state index contributed by atoms with van der Waals surface area (Å²) in [5, 5.41) is 3.74. The molecule has 1 fully saturated rings. The highest BCUT2D eigenvalue weighted by atomic mass is 15.1. The molecule has 0 spiro atoms. The Morgan fingerprint density at radius 3 is 2.47 bits per heavy atom. The first-order chi connectivity index (χ1) is 8.26. The third-order valence-electron chi connectivity index (χ3n) is 4.18. The zero-order chi connectivity index (χ0) is 12.5. The standard InChI is InChI=1S/C15H32N2/c1-4-14(3)13-17(5-2)12-11-16-15-9-7-6-8-10-15/h14-16H,4-13H2,1-3H3. The Kier molecular flexibility index (Phi) is 7.87. The second-order valence-electron chi connectivity index (χ2n) is 5.70. The van der Waals surface area contributed by atoms with Crippen molar-refractivity contribution in [3.63, 3.8) is 0 Å². The first-order valence-electron chi connectivity index (χ1n) is 7.72. The summed E-state index contributed by atoms with van der Waals surface area (Å²) < 4.78 is 0. The Morgan fingerprint density at radius 2 is 1.88 bits per heavy atom. The van der Waals surface area contributed by atoms with E-state index in [9.17, 15) is 0 Å². The highest BCUT2D eigenvalue weighted by Gasteiger charge is 2.13. The largest absolute Gasteiger partial charge is 0.313 e. The van der Waals surface area contributed by atoms with E-state index < -0.39 is 0 Å². The fourth-order valence-corrected chi connectivity index (χ4v) is 2.68. The highest BCUT2D eigenvalue weighted by Crippen LogP contribution is 2.17. The smallest absolute Gasteiger partial charge is 0.0107 e. The Bertz CT molecular complexity index is 176. The number of nitrogens with zero attached hydrogens (tertiary/aromatic N) is 1. The topological polar surface area (TPSA) is 15.3 Å². The van der Waals surface area contributed by atoms with Crippen LogP contribution in [0.3, 0.4) is 0 Å². The van der Waals surface area contributed by atoms with E-state index in [4.69, 9.17) is 0 Å². The van der Waals surface area contributed by atoms with Crippen LogP contribution in [0.15, 0.2) is 0 Å². The Labute approximate surface area is 108 Å². The van der Waals surface area contributed by atoms with Gasteiger partial charge >= 0.3 is 0 Å². The minimum Gasteiger partial charge on any atom is -0.313 e. The van der Waals surface area contributed by atoms with Crippen molar-refractivity contribution in [3.8, 4) is 0 Å². The van der Waals surface area contributed by atoms with Gasteiger partial charge in [0.1, 0.15) is 0 Å². The van der Waals surface area contributed by atoms with Gasteiger partial charge in [-0.3, -0.25) is 0 Å². The van der Waals surface area contributed by atoms with Crippen LogP contribution in [-0.2, 0) is 0 Å².